The maximum absolute atomic E-state index is 13.1. The van der Waals surface area contributed by atoms with Gasteiger partial charge in [0.15, 0.2) is 5.43 Å². The van der Waals surface area contributed by atoms with Crippen molar-refractivity contribution in [2.45, 2.75) is 6.54 Å². The third-order valence-corrected chi connectivity index (χ3v) is 5.81. The van der Waals surface area contributed by atoms with E-state index in [1.807, 2.05) is 65.4 Å². The molecule has 0 saturated carbocycles. The first-order chi connectivity index (χ1) is 16.1. The summed E-state index contributed by atoms with van der Waals surface area (Å²) in [5.74, 6) is -0.241. The quantitative estimate of drug-likeness (QED) is 0.365. The molecule has 3 aromatic carbocycles. The average Bonchev–Trinajstić information content (AvgIpc) is 3.39. The van der Waals surface area contributed by atoms with Crippen LogP contribution in [-0.2, 0) is 6.54 Å². The maximum atomic E-state index is 13.1. The molecule has 0 bridgehead atoms. The number of rotatable bonds is 5. The van der Waals surface area contributed by atoms with Gasteiger partial charge < -0.3 is 14.9 Å². The van der Waals surface area contributed by atoms with Gasteiger partial charge in [-0.05, 0) is 60.2 Å². The van der Waals surface area contributed by atoms with Gasteiger partial charge in [-0.3, -0.25) is 9.59 Å². The van der Waals surface area contributed by atoms with Gasteiger partial charge in [-0.1, -0.05) is 41.9 Å². The first kappa shape index (κ1) is 20.8. The first-order valence-corrected chi connectivity index (χ1v) is 10.9. The lowest BCUT2D eigenvalue weighted by Gasteiger charge is -2.14. The Bertz CT molecular complexity index is 1490. The smallest absolute Gasteiger partial charge is 0.251 e. The topological polar surface area (TPSA) is 66.9 Å². The van der Waals surface area contributed by atoms with Crippen molar-refractivity contribution in [2.24, 2.45) is 0 Å². The molecule has 5 aromatic rings. The molecule has 1 amide bonds. The third kappa shape index (κ3) is 4.19. The van der Waals surface area contributed by atoms with E-state index < -0.39 is 0 Å². The molecule has 2 N–H and O–H groups in total. The molecular weight excluding hydrogens is 434 g/mol. The van der Waals surface area contributed by atoms with Crippen LogP contribution in [0.2, 0.25) is 5.02 Å². The number of carbonyl (C=O) groups excluding carboxylic acids is 1. The van der Waals surface area contributed by atoms with Crippen LogP contribution in [0.1, 0.15) is 15.9 Å². The van der Waals surface area contributed by atoms with E-state index in [0.29, 0.717) is 27.1 Å². The number of pyridine rings is 1. The highest BCUT2D eigenvalue weighted by Crippen LogP contribution is 2.22. The van der Waals surface area contributed by atoms with Crippen LogP contribution >= 0.6 is 11.6 Å². The lowest BCUT2D eigenvalue weighted by Crippen LogP contribution is -2.27. The molecule has 162 valence electrons. The highest BCUT2D eigenvalue weighted by atomic mass is 35.5. The molecule has 5 rings (SSSR count). The molecule has 0 saturated heterocycles. The normalized spacial score (nSPS) is 10.9. The number of halogens is 1. The zero-order valence-corrected chi connectivity index (χ0v) is 18.3. The van der Waals surface area contributed by atoms with Gasteiger partial charge >= 0.3 is 0 Å². The van der Waals surface area contributed by atoms with E-state index in [1.54, 1.807) is 36.5 Å². The fraction of sp³-hybridized carbons (Fsp3) is 0.0370. The Labute approximate surface area is 195 Å². The molecule has 0 radical (unpaired) electrons. The monoisotopic (exact) mass is 453 g/mol. The summed E-state index contributed by atoms with van der Waals surface area (Å²) in [6.45, 7) is 0.113. The molecule has 0 unspecified atom stereocenters. The van der Waals surface area contributed by atoms with E-state index in [4.69, 9.17) is 11.6 Å². The van der Waals surface area contributed by atoms with E-state index >= 15 is 0 Å². The molecule has 0 aliphatic carbocycles. The summed E-state index contributed by atoms with van der Waals surface area (Å²) in [7, 11) is 0. The van der Waals surface area contributed by atoms with Crippen molar-refractivity contribution in [3.8, 4) is 16.9 Å². The number of benzene rings is 3. The van der Waals surface area contributed by atoms with Crippen molar-refractivity contribution < 1.29 is 4.79 Å². The number of hydrogen-bond acceptors (Lipinski definition) is 2. The van der Waals surface area contributed by atoms with Crippen LogP contribution < -0.4 is 10.7 Å². The van der Waals surface area contributed by atoms with Crippen LogP contribution in [-0.4, -0.2) is 15.5 Å². The number of para-hydroxylation sites is 1. The van der Waals surface area contributed by atoms with Crippen molar-refractivity contribution in [2.75, 3.05) is 0 Å². The Kier molecular flexibility index (Phi) is 5.55. The number of nitrogens with zero attached hydrogens (tertiary/aromatic N) is 1. The summed E-state index contributed by atoms with van der Waals surface area (Å²) in [6.07, 6.45) is 3.63. The van der Waals surface area contributed by atoms with E-state index in [9.17, 15) is 9.59 Å². The summed E-state index contributed by atoms with van der Waals surface area (Å²) < 4.78 is 1.93. The Morgan fingerprint density at radius 2 is 1.73 bits per heavy atom. The van der Waals surface area contributed by atoms with E-state index in [0.717, 1.165) is 16.9 Å². The zero-order chi connectivity index (χ0) is 22.8. The fourth-order valence-corrected chi connectivity index (χ4v) is 4.04. The molecule has 33 heavy (non-hydrogen) atoms. The zero-order valence-electron chi connectivity index (χ0n) is 17.6. The van der Waals surface area contributed by atoms with E-state index in [1.165, 1.54) is 0 Å². The Balaban J connectivity index is 1.44. The van der Waals surface area contributed by atoms with Crippen molar-refractivity contribution >= 4 is 28.4 Å². The van der Waals surface area contributed by atoms with Crippen LogP contribution in [0.15, 0.2) is 102 Å². The van der Waals surface area contributed by atoms with Crippen LogP contribution in [0.4, 0.5) is 0 Å². The van der Waals surface area contributed by atoms with Gasteiger partial charge in [0.25, 0.3) is 5.91 Å². The van der Waals surface area contributed by atoms with Gasteiger partial charge in [-0.25, -0.2) is 0 Å². The summed E-state index contributed by atoms with van der Waals surface area (Å²) in [5, 5.41) is 3.98. The first-order valence-electron chi connectivity index (χ1n) is 10.5. The maximum Gasteiger partial charge on any atom is 0.251 e. The van der Waals surface area contributed by atoms with Crippen molar-refractivity contribution in [3.63, 3.8) is 0 Å². The average molecular weight is 454 g/mol. The number of amides is 1. The van der Waals surface area contributed by atoms with Gasteiger partial charge in [0.2, 0.25) is 0 Å². The molecule has 5 nitrogen and oxygen atoms in total. The standard InChI is InChI=1S/C27H20ClN3O2/c28-21-12-13-23-25(15-21)31(22-5-2-1-3-6-22)17-20(26(23)32)16-30-27(33)19-10-8-18(9-11-19)24-7-4-14-29-24/h1-15,17,29H,16H2,(H,30,33). The predicted octanol–water partition coefficient (Wildman–Crippen LogP) is 5.57. The summed E-state index contributed by atoms with van der Waals surface area (Å²) >= 11 is 6.21. The summed E-state index contributed by atoms with van der Waals surface area (Å²) in [5.41, 5.74) is 4.49. The van der Waals surface area contributed by atoms with Gasteiger partial charge in [-0.15, -0.1) is 0 Å². The highest BCUT2D eigenvalue weighted by molar-refractivity contribution is 6.31. The van der Waals surface area contributed by atoms with Gasteiger partial charge in [0, 0.05) is 51.9 Å². The Hall–Kier alpha value is -4.09. The largest absolute Gasteiger partial charge is 0.361 e. The van der Waals surface area contributed by atoms with Crippen LogP contribution in [0.3, 0.4) is 0 Å². The molecule has 6 heteroatoms. The van der Waals surface area contributed by atoms with E-state index in [2.05, 4.69) is 10.3 Å². The number of aromatic amines is 1. The SMILES string of the molecule is O=C(NCc1cn(-c2ccccc2)c2cc(Cl)ccc2c1=O)c1ccc(-c2ccc[nH]2)cc1. The van der Waals surface area contributed by atoms with E-state index in [-0.39, 0.29) is 17.9 Å². The molecule has 2 heterocycles. The number of fused-ring (bicyclic) bond motifs is 1. The van der Waals surface area contributed by atoms with Crippen molar-refractivity contribution in [3.05, 3.63) is 124 Å². The highest BCUT2D eigenvalue weighted by Gasteiger charge is 2.13. The van der Waals surface area contributed by atoms with Crippen LogP contribution in [0.5, 0.6) is 0 Å². The molecule has 0 atom stereocenters. The molecule has 0 spiro atoms. The van der Waals surface area contributed by atoms with Crippen LogP contribution in [0, 0.1) is 0 Å². The molecule has 0 aliphatic heterocycles. The Morgan fingerprint density at radius 3 is 2.45 bits per heavy atom. The van der Waals surface area contributed by atoms with Crippen molar-refractivity contribution in [1.82, 2.24) is 14.9 Å². The van der Waals surface area contributed by atoms with Crippen LogP contribution in [0.25, 0.3) is 27.8 Å². The number of H-pyrrole nitrogens is 1. The minimum Gasteiger partial charge on any atom is -0.361 e. The van der Waals surface area contributed by atoms with Gasteiger partial charge in [-0.2, -0.15) is 0 Å². The second-order valence-electron chi connectivity index (χ2n) is 7.69. The second-order valence-corrected chi connectivity index (χ2v) is 8.13. The number of hydrogen-bond donors (Lipinski definition) is 2. The van der Waals surface area contributed by atoms with Gasteiger partial charge in [0.1, 0.15) is 0 Å². The fourth-order valence-electron chi connectivity index (χ4n) is 3.87. The Morgan fingerprint density at radius 1 is 0.939 bits per heavy atom. The lowest BCUT2D eigenvalue weighted by atomic mass is 10.1. The molecule has 2 aromatic heterocycles. The third-order valence-electron chi connectivity index (χ3n) is 5.57. The van der Waals surface area contributed by atoms with Gasteiger partial charge in [0.05, 0.1) is 5.52 Å². The summed E-state index contributed by atoms with van der Waals surface area (Å²) in [6, 6.07) is 26.2. The molecular formula is C27H20ClN3O2. The second kappa shape index (κ2) is 8.81. The number of carbonyl (C=O) groups is 1. The minimum atomic E-state index is -0.241. The van der Waals surface area contributed by atoms with Crippen molar-refractivity contribution in [1.29, 1.82) is 0 Å². The molecule has 0 fully saturated rings. The lowest BCUT2D eigenvalue weighted by molar-refractivity contribution is 0.0951. The summed E-state index contributed by atoms with van der Waals surface area (Å²) in [4.78, 5) is 29.0. The predicted molar refractivity (Wildman–Crippen MR) is 132 cm³/mol. The minimum absolute atomic E-state index is 0.113. The number of aromatic nitrogens is 2. The number of nitrogens with one attached hydrogen (secondary N) is 2. The molecule has 0 aliphatic rings.